The third kappa shape index (κ3) is 4.20. The van der Waals surface area contributed by atoms with E-state index in [4.69, 9.17) is 5.11 Å². The van der Waals surface area contributed by atoms with E-state index in [2.05, 4.69) is 10.2 Å². The Morgan fingerprint density at radius 2 is 1.74 bits per heavy atom. The van der Waals surface area contributed by atoms with Crippen LogP contribution in [0.4, 0.5) is 18.9 Å². The number of azo groups is 1. The van der Waals surface area contributed by atoms with Gasteiger partial charge >= 0.3 is 6.18 Å². The molecule has 0 aromatic heterocycles. The highest BCUT2D eigenvalue weighted by Gasteiger charge is 2.38. The summed E-state index contributed by atoms with van der Waals surface area (Å²) in [4.78, 5) is 11.0. The van der Waals surface area contributed by atoms with Crippen LogP contribution in [0.3, 0.4) is 0 Å². The SMILES string of the molecule is CC(=O)/C(N=Nc1ccc(C)cc1)=C(\O)C(F)(F)F. The normalized spacial score (nSPS) is 13.5. The van der Waals surface area contributed by atoms with Crippen molar-refractivity contribution in [2.45, 2.75) is 20.0 Å². The van der Waals surface area contributed by atoms with Gasteiger partial charge in [0, 0.05) is 6.92 Å². The number of rotatable bonds is 3. The molecule has 0 unspecified atom stereocenters. The highest BCUT2D eigenvalue weighted by Crippen LogP contribution is 2.27. The summed E-state index contributed by atoms with van der Waals surface area (Å²) in [6.07, 6.45) is -5.03. The van der Waals surface area contributed by atoms with Crippen LogP contribution >= 0.6 is 0 Å². The number of allylic oxidation sites excluding steroid dienone is 2. The van der Waals surface area contributed by atoms with Gasteiger partial charge in [0.2, 0.25) is 5.76 Å². The fraction of sp³-hybridized carbons (Fsp3) is 0.250. The Labute approximate surface area is 107 Å². The Morgan fingerprint density at radius 3 is 2.16 bits per heavy atom. The van der Waals surface area contributed by atoms with E-state index in [9.17, 15) is 18.0 Å². The first kappa shape index (κ1) is 14.9. The van der Waals surface area contributed by atoms with Crippen molar-refractivity contribution in [3.8, 4) is 0 Å². The standard InChI is InChI=1S/C12H11F3N2O2/c1-7-3-5-9(6-4-7)16-17-10(8(2)18)11(19)12(13,14)15/h3-6,19H,1-2H3/b11-10+,17-16?. The number of aryl methyl sites for hydroxylation is 1. The number of halogens is 3. The number of benzene rings is 1. The molecule has 0 spiro atoms. The molecule has 7 heteroatoms. The van der Waals surface area contributed by atoms with Crippen LogP contribution in [0.15, 0.2) is 46.0 Å². The third-order valence-corrected chi connectivity index (χ3v) is 2.13. The fourth-order valence-corrected chi connectivity index (χ4v) is 1.14. The lowest BCUT2D eigenvalue weighted by Gasteiger charge is -2.06. The molecule has 0 aliphatic rings. The zero-order valence-electron chi connectivity index (χ0n) is 10.2. The summed E-state index contributed by atoms with van der Waals surface area (Å²) in [5.41, 5.74) is 0.104. The molecule has 1 aromatic rings. The molecule has 1 rings (SSSR count). The van der Waals surface area contributed by atoms with E-state index >= 15 is 0 Å². The molecular formula is C12H11F3N2O2. The molecule has 0 aliphatic carbocycles. The second-order valence-corrected chi connectivity index (χ2v) is 3.79. The van der Waals surface area contributed by atoms with Crippen molar-refractivity contribution in [1.29, 1.82) is 0 Å². The number of hydrogen-bond donors (Lipinski definition) is 1. The van der Waals surface area contributed by atoms with E-state index in [-0.39, 0.29) is 5.69 Å². The first-order valence-corrected chi connectivity index (χ1v) is 5.21. The molecular weight excluding hydrogens is 261 g/mol. The van der Waals surface area contributed by atoms with Crippen LogP contribution in [0.2, 0.25) is 0 Å². The van der Waals surface area contributed by atoms with Gasteiger partial charge in [-0.1, -0.05) is 17.7 Å². The van der Waals surface area contributed by atoms with E-state index in [1.54, 1.807) is 12.1 Å². The van der Waals surface area contributed by atoms with Gasteiger partial charge in [0.15, 0.2) is 11.5 Å². The molecule has 1 aromatic carbocycles. The number of aliphatic hydroxyl groups excluding tert-OH is 1. The molecule has 0 saturated carbocycles. The molecule has 1 N–H and O–H groups in total. The van der Waals surface area contributed by atoms with Crippen molar-refractivity contribution in [1.82, 2.24) is 0 Å². The lowest BCUT2D eigenvalue weighted by atomic mass is 10.2. The van der Waals surface area contributed by atoms with Crippen LogP contribution in [0.5, 0.6) is 0 Å². The van der Waals surface area contributed by atoms with Crippen LogP contribution in [0, 0.1) is 6.92 Å². The molecule has 0 saturated heterocycles. The average molecular weight is 272 g/mol. The molecule has 0 aliphatic heterocycles. The van der Waals surface area contributed by atoms with Crippen molar-refractivity contribution in [3.63, 3.8) is 0 Å². The molecule has 0 amide bonds. The van der Waals surface area contributed by atoms with Crippen molar-refractivity contribution >= 4 is 11.5 Å². The van der Waals surface area contributed by atoms with Crippen LogP contribution < -0.4 is 0 Å². The Kier molecular flexibility index (Phi) is 4.42. The number of Topliss-reactive ketones (excluding diaryl/α,β-unsaturated/α-hetero) is 1. The Morgan fingerprint density at radius 1 is 1.21 bits per heavy atom. The van der Waals surface area contributed by atoms with Crippen molar-refractivity contribution in [3.05, 3.63) is 41.3 Å². The topological polar surface area (TPSA) is 62.0 Å². The minimum absolute atomic E-state index is 0.277. The summed E-state index contributed by atoms with van der Waals surface area (Å²) in [6, 6.07) is 6.44. The maximum absolute atomic E-state index is 12.3. The number of aliphatic hydroxyl groups is 1. The van der Waals surface area contributed by atoms with E-state index in [0.717, 1.165) is 12.5 Å². The first-order chi connectivity index (χ1) is 8.71. The number of ketones is 1. The quantitative estimate of drug-likeness (QED) is 0.513. The van der Waals surface area contributed by atoms with Crippen molar-refractivity contribution < 1.29 is 23.1 Å². The maximum atomic E-state index is 12.3. The maximum Gasteiger partial charge on any atom is 0.451 e. The lowest BCUT2D eigenvalue weighted by Crippen LogP contribution is -2.16. The fourth-order valence-electron chi connectivity index (χ4n) is 1.14. The third-order valence-electron chi connectivity index (χ3n) is 2.13. The van der Waals surface area contributed by atoms with E-state index in [1.165, 1.54) is 12.1 Å². The van der Waals surface area contributed by atoms with Gasteiger partial charge in [-0.2, -0.15) is 18.3 Å². The second-order valence-electron chi connectivity index (χ2n) is 3.79. The predicted octanol–water partition coefficient (Wildman–Crippen LogP) is 4.00. The molecule has 102 valence electrons. The smallest absolute Gasteiger partial charge is 0.451 e. The Hall–Kier alpha value is -2.18. The Balaban J connectivity index is 3.11. The van der Waals surface area contributed by atoms with Crippen LogP contribution in [-0.2, 0) is 4.79 Å². The van der Waals surface area contributed by atoms with Gasteiger partial charge in [-0.25, -0.2) is 0 Å². The van der Waals surface area contributed by atoms with Gasteiger partial charge in [-0.15, -0.1) is 5.11 Å². The zero-order chi connectivity index (χ0) is 14.6. The lowest BCUT2D eigenvalue weighted by molar-refractivity contribution is -0.126. The van der Waals surface area contributed by atoms with Gasteiger partial charge in [-0.3, -0.25) is 4.79 Å². The van der Waals surface area contributed by atoms with Gasteiger partial charge in [0.05, 0.1) is 5.69 Å². The van der Waals surface area contributed by atoms with Gasteiger partial charge in [0.25, 0.3) is 0 Å². The van der Waals surface area contributed by atoms with Gasteiger partial charge < -0.3 is 5.11 Å². The summed E-state index contributed by atoms with van der Waals surface area (Å²) < 4.78 is 36.8. The van der Waals surface area contributed by atoms with E-state index in [0.29, 0.717) is 0 Å². The number of carbonyl (C=O) groups is 1. The van der Waals surface area contributed by atoms with Crippen LogP contribution in [0.25, 0.3) is 0 Å². The number of carbonyl (C=O) groups excluding carboxylic acids is 1. The number of alkyl halides is 3. The number of nitrogens with zero attached hydrogens (tertiary/aromatic N) is 2. The molecule has 19 heavy (non-hydrogen) atoms. The largest absolute Gasteiger partial charge is 0.503 e. The molecule has 4 nitrogen and oxygen atoms in total. The minimum atomic E-state index is -5.03. The van der Waals surface area contributed by atoms with Crippen molar-refractivity contribution in [2.24, 2.45) is 10.2 Å². The van der Waals surface area contributed by atoms with Gasteiger partial charge in [-0.05, 0) is 19.1 Å². The van der Waals surface area contributed by atoms with Crippen LogP contribution in [0.1, 0.15) is 12.5 Å². The number of hydrogen-bond acceptors (Lipinski definition) is 4. The highest BCUT2D eigenvalue weighted by molar-refractivity contribution is 5.93. The monoisotopic (exact) mass is 272 g/mol. The first-order valence-electron chi connectivity index (χ1n) is 5.21. The second kappa shape index (κ2) is 5.64. The highest BCUT2D eigenvalue weighted by atomic mass is 19.4. The minimum Gasteiger partial charge on any atom is -0.503 e. The molecule has 0 radical (unpaired) electrons. The summed E-state index contributed by atoms with van der Waals surface area (Å²) in [5, 5.41) is 15.6. The summed E-state index contributed by atoms with van der Waals surface area (Å²) in [6.45, 7) is 2.70. The van der Waals surface area contributed by atoms with E-state index < -0.39 is 23.4 Å². The average Bonchev–Trinajstić information content (AvgIpc) is 2.30. The molecule has 0 heterocycles. The Bertz CT molecular complexity index is 531. The predicted molar refractivity (Wildman–Crippen MR) is 62.1 cm³/mol. The molecule has 0 atom stereocenters. The van der Waals surface area contributed by atoms with Gasteiger partial charge in [0.1, 0.15) is 0 Å². The molecule has 0 fully saturated rings. The summed E-state index contributed by atoms with van der Waals surface area (Å²) in [7, 11) is 0. The van der Waals surface area contributed by atoms with E-state index in [1.807, 2.05) is 6.92 Å². The van der Waals surface area contributed by atoms with Crippen molar-refractivity contribution in [2.75, 3.05) is 0 Å². The summed E-state index contributed by atoms with van der Waals surface area (Å²) >= 11 is 0. The summed E-state index contributed by atoms with van der Waals surface area (Å²) in [5.74, 6) is -3.07. The van der Waals surface area contributed by atoms with Crippen LogP contribution in [-0.4, -0.2) is 17.1 Å². The molecule has 0 bridgehead atoms. The zero-order valence-corrected chi connectivity index (χ0v) is 10.2.